The van der Waals surface area contributed by atoms with Crippen LogP contribution >= 0.6 is 0 Å². The Morgan fingerprint density at radius 3 is 2.50 bits per heavy atom. The number of carbonyl (C=O) groups is 1. The van der Waals surface area contributed by atoms with Crippen molar-refractivity contribution in [3.63, 3.8) is 0 Å². The molecule has 4 heteroatoms. The van der Waals surface area contributed by atoms with Crippen molar-refractivity contribution in [3.05, 3.63) is 29.8 Å². The van der Waals surface area contributed by atoms with E-state index < -0.39 is 0 Å². The molecule has 1 aromatic rings. The van der Waals surface area contributed by atoms with E-state index in [9.17, 15) is 9.90 Å². The lowest BCUT2D eigenvalue weighted by atomic mass is 10.1. The average Bonchev–Trinajstić information content (AvgIpc) is 3.05. The highest BCUT2D eigenvalue weighted by molar-refractivity contribution is 5.89. The Kier molecular flexibility index (Phi) is 3.41. The first-order valence-corrected chi connectivity index (χ1v) is 5.52. The van der Waals surface area contributed by atoms with Crippen LogP contribution in [-0.4, -0.2) is 18.7 Å². The Bertz CT molecular complexity index is 358. The van der Waals surface area contributed by atoms with Crippen LogP contribution in [0.5, 0.6) is 0 Å². The van der Waals surface area contributed by atoms with Crippen molar-refractivity contribution in [2.45, 2.75) is 25.3 Å². The topological polar surface area (TPSA) is 61.0 Å². The number of carbonyl (C=O) groups excluding carboxylic acids is 1. The summed E-state index contributed by atoms with van der Waals surface area (Å²) in [5.74, 6) is 0. The highest BCUT2D eigenvalue weighted by atomic mass is 16.3. The van der Waals surface area contributed by atoms with E-state index in [0.29, 0.717) is 12.5 Å². The summed E-state index contributed by atoms with van der Waals surface area (Å²) in [4.78, 5) is 11.4. The quantitative estimate of drug-likeness (QED) is 0.798. The van der Waals surface area contributed by atoms with Gasteiger partial charge >= 0.3 is 6.03 Å². The summed E-state index contributed by atoms with van der Waals surface area (Å²) in [5, 5.41) is 16.0. The molecule has 1 radical (unpaired) electrons. The molecule has 1 aliphatic rings. The summed E-state index contributed by atoms with van der Waals surface area (Å²) in [6.07, 6.45) is 2.69. The van der Waals surface area contributed by atoms with E-state index in [2.05, 4.69) is 10.6 Å². The molecule has 0 aromatic heterocycles. The van der Waals surface area contributed by atoms with Crippen LogP contribution in [0.15, 0.2) is 24.3 Å². The molecule has 85 valence electrons. The smallest absolute Gasteiger partial charge is 0.319 e. The van der Waals surface area contributed by atoms with Crippen LogP contribution in [-0.2, 0) is 11.5 Å². The van der Waals surface area contributed by atoms with Gasteiger partial charge in [-0.15, -0.1) is 0 Å². The fourth-order valence-electron chi connectivity index (χ4n) is 1.45. The molecule has 16 heavy (non-hydrogen) atoms. The third-order valence-corrected chi connectivity index (χ3v) is 2.52. The van der Waals surface area contributed by atoms with Crippen molar-refractivity contribution in [2.24, 2.45) is 0 Å². The second-order valence-electron chi connectivity index (χ2n) is 4.02. The van der Waals surface area contributed by atoms with Gasteiger partial charge in [-0.1, -0.05) is 12.1 Å². The van der Waals surface area contributed by atoms with Crippen LogP contribution in [0.25, 0.3) is 0 Å². The van der Waals surface area contributed by atoms with Gasteiger partial charge in [0.05, 0.1) is 6.61 Å². The van der Waals surface area contributed by atoms with E-state index in [-0.39, 0.29) is 12.6 Å². The van der Waals surface area contributed by atoms with E-state index in [1.165, 1.54) is 0 Å². The van der Waals surface area contributed by atoms with E-state index >= 15 is 0 Å². The summed E-state index contributed by atoms with van der Waals surface area (Å²) in [6.45, 7) is -0.102. The molecule has 0 unspecified atom stereocenters. The van der Waals surface area contributed by atoms with Crippen LogP contribution in [0, 0.1) is 0 Å². The lowest BCUT2D eigenvalue weighted by molar-refractivity contribution is 0.197. The first-order valence-electron chi connectivity index (χ1n) is 5.52. The predicted molar refractivity (Wildman–Crippen MR) is 60.9 cm³/mol. The van der Waals surface area contributed by atoms with Gasteiger partial charge < -0.3 is 10.6 Å². The SMILES string of the molecule is [O]CCc1ccc(NC(=O)NC2CC2)cc1. The summed E-state index contributed by atoms with van der Waals surface area (Å²) < 4.78 is 0. The van der Waals surface area contributed by atoms with Gasteiger partial charge in [-0.3, -0.25) is 0 Å². The van der Waals surface area contributed by atoms with Crippen molar-refractivity contribution >= 4 is 11.7 Å². The monoisotopic (exact) mass is 219 g/mol. The fourth-order valence-corrected chi connectivity index (χ4v) is 1.45. The summed E-state index contributed by atoms with van der Waals surface area (Å²) in [7, 11) is 0. The maximum absolute atomic E-state index is 11.4. The van der Waals surface area contributed by atoms with Crippen molar-refractivity contribution in [1.82, 2.24) is 5.32 Å². The van der Waals surface area contributed by atoms with E-state index in [4.69, 9.17) is 0 Å². The first kappa shape index (κ1) is 11.0. The average molecular weight is 219 g/mol. The number of hydrogen-bond donors (Lipinski definition) is 2. The largest absolute Gasteiger partial charge is 0.335 e. The lowest BCUT2D eigenvalue weighted by Gasteiger charge is -2.06. The maximum Gasteiger partial charge on any atom is 0.319 e. The molecular formula is C12H15N2O2. The second-order valence-corrected chi connectivity index (χ2v) is 4.02. The van der Waals surface area contributed by atoms with E-state index in [1.807, 2.05) is 24.3 Å². The van der Waals surface area contributed by atoms with Gasteiger partial charge in [0.2, 0.25) is 0 Å². The molecule has 0 saturated heterocycles. The fraction of sp³-hybridized carbons (Fsp3) is 0.417. The Labute approximate surface area is 94.7 Å². The molecule has 0 bridgehead atoms. The van der Waals surface area contributed by atoms with Crippen LogP contribution in [0.1, 0.15) is 18.4 Å². The van der Waals surface area contributed by atoms with E-state index in [1.54, 1.807) is 0 Å². The molecule has 1 fully saturated rings. The highest BCUT2D eigenvalue weighted by Crippen LogP contribution is 2.18. The van der Waals surface area contributed by atoms with Crippen molar-refractivity contribution in [2.75, 3.05) is 11.9 Å². The Balaban J connectivity index is 1.85. The van der Waals surface area contributed by atoms with Gasteiger partial charge in [-0.05, 0) is 37.0 Å². The Morgan fingerprint density at radius 2 is 1.94 bits per heavy atom. The molecule has 2 rings (SSSR count). The van der Waals surface area contributed by atoms with Crippen molar-refractivity contribution < 1.29 is 9.90 Å². The molecule has 1 aromatic carbocycles. The number of nitrogens with one attached hydrogen (secondary N) is 2. The van der Waals surface area contributed by atoms with Crippen LogP contribution in [0.3, 0.4) is 0 Å². The molecule has 2 amide bonds. The third kappa shape index (κ3) is 3.24. The van der Waals surface area contributed by atoms with Gasteiger partial charge in [-0.2, -0.15) is 0 Å². The third-order valence-electron chi connectivity index (χ3n) is 2.52. The molecule has 0 heterocycles. The molecular weight excluding hydrogens is 204 g/mol. The van der Waals surface area contributed by atoms with Crippen molar-refractivity contribution in [3.8, 4) is 0 Å². The Morgan fingerprint density at radius 1 is 1.25 bits per heavy atom. The molecule has 0 spiro atoms. The van der Waals surface area contributed by atoms with E-state index in [0.717, 1.165) is 24.1 Å². The molecule has 0 aliphatic heterocycles. The lowest BCUT2D eigenvalue weighted by Crippen LogP contribution is -2.30. The number of benzene rings is 1. The summed E-state index contributed by atoms with van der Waals surface area (Å²) in [5.41, 5.74) is 1.76. The molecule has 2 N–H and O–H groups in total. The zero-order valence-corrected chi connectivity index (χ0v) is 9.03. The summed E-state index contributed by atoms with van der Waals surface area (Å²) in [6, 6.07) is 7.57. The number of anilines is 1. The summed E-state index contributed by atoms with van der Waals surface area (Å²) >= 11 is 0. The van der Waals surface area contributed by atoms with Crippen LogP contribution < -0.4 is 10.6 Å². The number of rotatable bonds is 4. The zero-order valence-electron chi connectivity index (χ0n) is 9.03. The molecule has 1 saturated carbocycles. The number of hydrogen-bond acceptors (Lipinski definition) is 1. The maximum atomic E-state index is 11.4. The van der Waals surface area contributed by atoms with Crippen LogP contribution in [0.4, 0.5) is 10.5 Å². The number of urea groups is 1. The minimum Gasteiger partial charge on any atom is -0.335 e. The van der Waals surface area contributed by atoms with Gasteiger partial charge in [0.15, 0.2) is 0 Å². The molecule has 4 nitrogen and oxygen atoms in total. The number of amides is 2. The minimum absolute atomic E-state index is 0.102. The normalized spacial score (nSPS) is 14.6. The first-order chi connectivity index (χ1) is 7.78. The Hall–Kier alpha value is -1.55. The molecule has 1 aliphatic carbocycles. The van der Waals surface area contributed by atoms with Gasteiger partial charge in [-0.25, -0.2) is 9.90 Å². The second kappa shape index (κ2) is 4.99. The standard InChI is InChI=1S/C12H15N2O2/c15-8-7-9-1-3-10(4-2-9)13-12(16)14-11-5-6-11/h1-4,11H,5-8H2,(H2,13,14,16). The van der Waals surface area contributed by atoms with Gasteiger partial charge in [0.25, 0.3) is 0 Å². The van der Waals surface area contributed by atoms with Crippen LogP contribution in [0.2, 0.25) is 0 Å². The van der Waals surface area contributed by atoms with Gasteiger partial charge in [0, 0.05) is 11.7 Å². The molecule has 0 atom stereocenters. The predicted octanol–water partition coefficient (Wildman–Crippen LogP) is 1.94. The van der Waals surface area contributed by atoms with Gasteiger partial charge in [0.1, 0.15) is 0 Å². The zero-order chi connectivity index (χ0) is 11.4. The minimum atomic E-state index is -0.154. The highest BCUT2D eigenvalue weighted by Gasteiger charge is 2.22. The van der Waals surface area contributed by atoms with Crippen molar-refractivity contribution in [1.29, 1.82) is 0 Å².